The van der Waals surface area contributed by atoms with E-state index >= 15 is 0 Å². The number of likely N-dealkylation sites (tertiary alicyclic amines) is 1. The monoisotopic (exact) mass is 378 g/mol. The Bertz CT molecular complexity index is 812. The smallest absolute Gasteiger partial charge is 0.370 e. The Balaban J connectivity index is 1.79. The van der Waals surface area contributed by atoms with Crippen molar-refractivity contribution in [1.29, 1.82) is 0 Å². The van der Waals surface area contributed by atoms with Crippen LogP contribution in [0.4, 0.5) is 19.0 Å². The third-order valence-corrected chi connectivity index (χ3v) is 5.59. The Hall–Kier alpha value is -2.02. The molecule has 1 aromatic carbocycles. The molecule has 1 atom stereocenters. The molecule has 0 amide bonds. The van der Waals surface area contributed by atoms with E-state index < -0.39 is 11.7 Å². The highest BCUT2D eigenvalue weighted by molar-refractivity contribution is 5.55. The number of rotatable bonds is 2. The number of halogens is 3. The third-order valence-electron chi connectivity index (χ3n) is 5.59. The molecule has 7 heteroatoms. The molecule has 2 aliphatic rings. The molecule has 4 rings (SSSR count). The van der Waals surface area contributed by atoms with Gasteiger partial charge in [0.25, 0.3) is 0 Å². The minimum Gasteiger partial charge on any atom is -0.370 e. The van der Waals surface area contributed by atoms with E-state index in [9.17, 15) is 13.2 Å². The van der Waals surface area contributed by atoms with E-state index in [2.05, 4.69) is 17.3 Å². The van der Waals surface area contributed by atoms with Crippen molar-refractivity contribution in [2.45, 2.75) is 44.2 Å². The summed E-state index contributed by atoms with van der Waals surface area (Å²) in [5, 5.41) is 8.27. The van der Waals surface area contributed by atoms with Gasteiger partial charge in [0, 0.05) is 24.6 Å². The topological polar surface area (TPSA) is 33.1 Å². The highest BCUT2D eigenvalue weighted by Crippen LogP contribution is 2.36. The van der Waals surface area contributed by atoms with Crippen LogP contribution in [0.25, 0.3) is 5.69 Å². The van der Waals surface area contributed by atoms with Crippen LogP contribution in [0, 0.1) is 0 Å². The van der Waals surface area contributed by atoms with Crippen LogP contribution in [0.1, 0.15) is 48.4 Å². The number of benzene rings is 1. The van der Waals surface area contributed by atoms with Gasteiger partial charge in [-0.2, -0.15) is 18.3 Å². The molecule has 2 aliphatic heterocycles. The van der Waals surface area contributed by atoms with Crippen LogP contribution in [0.2, 0.25) is 0 Å². The lowest BCUT2D eigenvalue weighted by Crippen LogP contribution is -2.31. The van der Waals surface area contributed by atoms with E-state index in [1.54, 1.807) is 10.7 Å². The first-order valence-corrected chi connectivity index (χ1v) is 9.65. The van der Waals surface area contributed by atoms with Gasteiger partial charge in [-0.1, -0.05) is 6.07 Å². The Labute approximate surface area is 157 Å². The van der Waals surface area contributed by atoms with Crippen molar-refractivity contribution in [2.24, 2.45) is 0 Å². The van der Waals surface area contributed by atoms with E-state index in [0.29, 0.717) is 11.6 Å². The third kappa shape index (κ3) is 3.70. The number of hydrogen-bond acceptors (Lipinski definition) is 3. The number of hydrogen-bond donors (Lipinski definition) is 1. The minimum absolute atomic E-state index is 0.337. The molecule has 1 unspecified atom stereocenters. The first-order valence-electron chi connectivity index (χ1n) is 9.65. The van der Waals surface area contributed by atoms with Crippen LogP contribution >= 0.6 is 0 Å². The second-order valence-electron chi connectivity index (χ2n) is 7.66. The molecule has 0 spiro atoms. The molecular weight excluding hydrogens is 353 g/mol. The van der Waals surface area contributed by atoms with Gasteiger partial charge in [-0.3, -0.25) is 0 Å². The summed E-state index contributed by atoms with van der Waals surface area (Å²) in [6, 6.07) is 5.45. The van der Waals surface area contributed by atoms with Crippen molar-refractivity contribution in [3.05, 3.63) is 41.1 Å². The number of alkyl halides is 3. The maximum atomic E-state index is 13.2. The van der Waals surface area contributed by atoms with Crippen molar-refractivity contribution in [2.75, 3.05) is 32.0 Å². The maximum absolute atomic E-state index is 13.2. The van der Waals surface area contributed by atoms with Gasteiger partial charge in [0.1, 0.15) is 5.82 Å². The Kier molecular flexibility index (Phi) is 4.88. The van der Waals surface area contributed by atoms with Crippen molar-refractivity contribution in [3.63, 3.8) is 0 Å². The first-order chi connectivity index (χ1) is 12.9. The summed E-state index contributed by atoms with van der Waals surface area (Å²) in [5.74, 6) is 1.21. The first kappa shape index (κ1) is 18.3. The van der Waals surface area contributed by atoms with Crippen LogP contribution in [-0.4, -0.2) is 41.4 Å². The van der Waals surface area contributed by atoms with Gasteiger partial charge < -0.3 is 10.2 Å². The Morgan fingerprint density at radius 2 is 2.04 bits per heavy atom. The van der Waals surface area contributed by atoms with Crippen LogP contribution in [0.5, 0.6) is 0 Å². The number of fused-ring (bicyclic) bond motifs is 1. The van der Waals surface area contributed by atoms with Crippen LogP contribution in [0.15, 0.2) is 24.3 Å². The van der Waals surface area contributed by atoms with Crippen molar-refractivity contribution in [1.82, 2.24) is 14.7 Å². The number of aromatic nitrogens is 2. The highest BCUT2D eigenvalue weighted by atomic mass is 19.4. The maximum Gasteiger partial charge on any atom is 0.416 e. The number of nitrogens with zero attached hydrogens (tertiary/aromatic N) is 3. The molecule has 1 N–H and O–H groups in total. The summed E-state index contributed by atoms with van der Waals surface area (Å²) in [6.07, 6.45) is 0.903. The SMILES string of the molecule is CN1CCCC(c2nn(-c3cccc(C(F)(F)F)c3)c3c2CCCCN3)C1. The standard InChI is InChI=1S/C20H25F3N4/c1-26-11-5-6-14(13-26)18-17-9-2-3-10-24-19(17)27(25-18)16-8-4-7-15(12-16)20(21,22)23/h4,7-8,12,14,24H,2-3,5-6,9-11,13H2,1H3. The summed E-state index contributed by atoms with van der Waals surface area (Å²) in [7, 11) is 2.12. The van der Waals surface area contributed by atoms with Crippen molar-refractivity contribution < 1.29 is 13.2 Å². The summed E-state index contributed by atoms with van der Waals surface area (Å²) in [5.41, 5.74) is 2.07. The van der Waals surface area contributed by atoms with Crippen LogP contribution < -0.4 is 5.32 Å². The summed E-state index contributed by atoms with van der Waals surface area (Å²) >= 11 is 0. The molecule has 2 aromatic rings. The summed E-state index contributed by atoms with van der Waals surface area (Å²) < 4.78 is 41.2. The molecule has 1 aromatic heterocycles. The molecular formula is C20H25F3N4. The van der Waals surface area contributed by atoms with Gasteiger partial charge in [-0.25, -0.2) is 4.68 Å². The molecule has 0 radical (unpaired) electrons. The molecule has 1 fully saturated rings. The quantitative estimate of drug-likeness (QED) is 0.838. The lowest BCUT2D eigenvalue weighted by atomic mass is 9.91. The molecule has 146 valence electrons. The molecule has 0 saturated carbocycles. The van der Waals surface area contributed by atoms with Gasteiger partial charge in [-0.05, 0) is 63.9 Å². The van der Waals surface area contributed by atoms with E-state index in [0.717, 1.165) is 69.3 Å². The number of piperidine rings is 1. The Morgan fingerprint density at radius 3 is 2.81 bits per heavy atom. The van der Waals surface area contributed by atoms with Gasteiger partial charge >= 0.3 is 6.18 Å². The normalized spacial score (nSPS) is 21.4. The largest absolute Gasteiger partial charge is 0.416 e. The number of likely N-dealkylation sites (N-methyl/N-ethyl adjacent to an activating group) is 1. The van der Waals surface area contributed by atoms with E-state index in [1.165, 1.54) is 17.7 Å². The van der Waals surface area contributed by atoms with Gasteiger partial charge in [-0.15, -0.1) is 0 Å². The van der Waals surface area contributed by atoms with Gasteiger partial charge in [0.15, 0.2) is 0 Å². The predicted molar refractivity (Wildman–Crippen MR) is 99.5 cm³/mol. The van der Waals surface area contributed by atoms with Gasteiger partial charge in [0.2, 0.25) is 0 Å². The Morgan fingerprint density at radius 1 is 1.19 bits per heavy atom. The van der Waals surface area contributed by atoms with Crippen molar-refractivity contribution >= 4 is 5.82 Å². The zero-order valence-electron chi connectivity index (χ0n) is 15.5. The molecule has 27 heavy (non-hydrogen) atoms. The summed E-state index contributed by atoms with van der Waals surface area (Å²) in [6.45, 7) is 2.86. The fourth-order valence-corrected chi connectivity index (χ4v) is 4.25. The fraction of sp³-hybridized carbons (Fsp3) is 0.550. The molecule has 4 nitrogen and oxygen atoms in total. The van der Waals surface area contributed by atoms with Gasteiger partial charge in [0.05, 0.1) is 16.9 Å². The molecule has 0 aliphatic carbocycles. The van der Waals surface area contributed by atoms with E-state index in [4.69, 9.17) is 5.10 Å². The molecule has 0 bridgehead atoms. The highest BCUT2D eigenvalue weighted by Gasteiger charge is 2.32. The molecule has 1 saturated heterocycles. The van der Waals surface area contributed by atoms with E-state index in [1.807, 2.05) is 0 Å². The predicted octanol–water partition coefficient (Wildman–Crippen LogP) is 4.45. The van der Waals surface area contributed by atoms with Crippen LogP contribution in [0.3, 0.4) is 0 Å². The number of anilines is 1. The molecule has 3 heterocycles. The minimum atomic E-state index is -4.36. The number of nitrogens with one attached hydrogen (secondary N) is 1. The fourth-order valence-electron chi connectivity index (χ4n) is 4.25. The summed E-state index contributed by atoms with van der Waals surface area (Å²) in [4.78, 5) is 2.31. The lowest BCUT2D eigenvalue weighted by molar-refractivity contribution is -0.137. The van der Waals surface area contributed by atoms with E-state index in [-0.39, 0.29) is 0 Å². The second kappa shape index (κ2) is 7.19. The van der Waals surface area contributed by atoms with Crippen LogP contribution in [-0.2, 0) is 12.6 Å². The zero-order valence-corrected chi connectivity index (χ0v) is 15.5. The average molecular weight is 378 g/mol. The zero-order chi connectivity index (χ0) is 19.0. The average Bonchev–Trinajstić information content (AvgIpc) is 2.82. The lowest BCUT2D eigenvalue weighted by Gasteiger charge is -2.29. The van der Waals surface area contributed by atoms with Crippen molar-refractivity contribution in [3.8, 4) is 5.69 Å². The second-order valence-corrected chi connectivity index (χ2v) is 7.66.